The summed E-state index contributed by atoms with van der Waals surface area (Å²) in [5.74, 6) is 0. The van der Waals surface area contributed by atoms with Crippen LogP contribution in [0.5, 0.6) is 0 Å². The van der Waals surface area contributed by atoms with Crippen LogP contribution in [0.2, 0.25) is 0 Å². The van der Waals surface area contributed by atoms with Gasteiger partial charge in [-0.3, -0.25) is 4.90 Å². The van der Waals surface area contributed by atoms with Crippen LogP contribution in [0.15, 0.2) is 65.4 Å². The third-order valence-corrected chi connectivity index (χ3v) is 6.41. The van der Waals surface area contributed by atoms with Crippen molar-refractivity contribution in [2.24, 2.45) is 0 Å². The molecular formula is C26H24F3N3O. The first kappa shape index (κ1) is 22.7. The van der Waals surface area contributed by atoms with Crippen LogP contribution in [-0.4, -0.2) is 18.0 Å². The molecule has 2 aliphatic rings. The number of carbonyl (C=O) groups excluding carboxylic acids is 1. The Bertz CT molecular complexity index is 1220. The van der Waals surface area contributed by atoms with E-state index >= 15 is 0 Å². The molecule has 1 atom stereocenters. The van der Waals surface area contributed by atoms with Crippen molar-refractivity contribution >= 4 is 11.7 Å². The van der Waals surface area contributed by atoms with Gasteiger partial charge in [-0.15, -0.1) is 0 Å². The van der Waals surface area contributed by atoms with E-state index in [0.29, 0.717) is 12.0 Å². The molecule has 2 amide bonds. The van der Waals surface area contributed by atoms with Crippen molar-refractivity contribution in [3.63, 3.8) is 0 Å². The highest BCUT2D eigenvalue weighted by Gasteiger charge is 2.42. The van der Waals surface area contributed by atoms with Crippen molar-refractivity contribution in [2.75, 3.05) is 11.9 Å². The molecule has 0 saturated heterocycles. The lowest BCUT2D eigenvalue weighted by atomic mass is 9.80. The van der Waals surface area contributed by atoms with Crippen LogP contribution in [0.1, 0.15) is 54.5 Å². The average Bonchev–Trinajstić information content (AvgIpc) is 2.79. The normalized spacial score (nSPS) is 20.2. The van der Waals surface area contributed by atoms with Crippen LogP contribution >= 0.6 is 0 Å². The molecule has 0 N–H and O–H groups in total. The van der Waals surface area contributed by atoms with Crippen molar-refractivity contribution in [2.45, 2.75) is 45.3 Å². The first-order chi connectivity index (χ1) is 15.7. The summed E-state index contributed by atoms with van der Waals surface area (Å²) in [6, 6.07) is 11.7. The van der Waals surface area contributed by atoms with Gasteiger partial charge in [-0.05, 0) is 80.1 Å². The Morgan fingerprint density at radius 3 is 2.55 bits per heavy atom. The number of hydrogen-bond acceptors (Lipinski definition) is 2. The highest BCUT2D eigenvalue weighted by molar-refractivity contribution is 5.98. The summed E-state index contributed by atoms with van der Waals surface area (Å²) in [7, 11) is 1.68. The summed E-state index contributed by atoms with van der Waals surface area (Å²) in [6.07, 6.45) is -0.243. The van der Waals surface area contributed by atoms with Crippen molar-refractivity contribution in [1.82, 2.24) is 4.90 Å². The second kappa shape index (κ2) is 8.43. The van der Waals surface area contributed by atoms with Crippen LogP contribution in [-0.2, 0) is 6.18 Å². The van der Waals surface area contributed by atoms with Gasteiger partial charge in [0.2, 0.25) is 0 Å². The Labute approximate surface area is 191 Å². The lowest BCUT2D eigenvalue weighted by Gasteiger charge is -2.45. The molecule has 0 aromatic heterocycles. The van der Waals surface area contributed by atoms with Crippen LogP contribution in [0.25, 0.3) is 0 Å². The predicted molar refractivity (Wildman–Crippen MR) is 120 cm³/mol. The molecule has 1 heterocycles. The molecule has 0 bridgehead atoms. The highest BCUT2D eigenvalue weighted by Crippen LogP contribution is 2.47. The van der Waals surface area contributed by atoms with Crippen LogP contribution in [0.3, 0.4) is 0 Å². The van der Waals surface area contributed by atoms with E-state index in [2.05, 4.69) is 6.07 Å². The Morgan fingerprint density at radius 1 is 1.15 bits per heavy atom. The van der Waals surface area contributed by atoms with Gasteiger partial charge >= 0.3 is 12.2 Å². The molecule has 1 unspecified atom stereocenters. The third-order valence-electron chi connectivity index (χ3n) is 6.41. The topological polar surface area (TPSA) is 47.3 Å². The number of aryl methyl sites for hydroxylation is 1. The zero-order valence-corrected chi connectivity index (χ0v) is 18.7. The fourth-order valence-corrected chi connectivity index (χ4v) is 4.85. The smallest absolute Gasteiger partial charge is 0.316 e. The molecule has 170 valence electrons. The quantitative estimate of drug-likeness (QED) is 0.500. The molecule has 2 aromatic rings. The Morgan fingerprint density at radius 2 is 1.91 bits per heavy atom. The molecule has 1 aliphatic heterocycles. The minimum absolute atomic E-state index is 0.210. The number of rotatable bonds is 2. The summed E-state index contributed by atoms with van der Waals surface area (Å²) in [5, 5.41) is 9.25. The van der Waals surface area contributed by atoms with Gasteiger partial charge in [0, 0.05) is 18.3 Å². The maximum atomic E-state index is 13.6. The van der Waals surface area contributed by atoms with Gasteiger partial charge in [-0.25, -0.2) is 4.79 Å². The van der Waals surface area contributed by atoms with E-state index in [0.717, 1.165) is 52.9 Å². The van der Waals surface area contributed by atoms with Crippen molar-refractivity contribution < 1.29 is 18.0 Å². The molecule has 0 radical (unpaired) electrons. The van der Waals surface area contributed by atoms with Crippen LogP contribution in [0, 0.1) is 18.3 Å². The van der Waals surface area contributed by atoms with E-state index in [1.807, 2.05) is 26.0 Å². The molecule has 0 saturated carbocycles. The first-order valence-electron chi connectivity index (χ1n) is 10.8. The molecule has 33 heavy (non-hydrogen) atoms. The summed E-state index contributed by atoms with van der Waals surface area (Å²) >= 11 is 0. The summed E-state index contributed by atoms with van der Waals surface area (Å²) in [6.45, 7) is 3.85. The molecule has 1 aliphatic carbocycles. The fourth-order valence-electron chi connectivity index (χ4n) is 4.85. The summed E-state index contributed by atoms with van der Waals surface area (Å²) in [4.78, 5) is 16.6. The van der Waals surface area contributed by atoms with Crippen LogP contribution in [0.4, 0.5) is 23.7 Å². The van der Waals surface area contributed by atoms with Gasteiger partial charge < -0.3 is 4.90 Å². The van der Waals surface area contributed by atoms with Gasteiger partial charge in [0.15, 0.2) is 0 Å². The highest BCUT2D eigenvalue weighted by atomic mass is 19.4. The van der Waals surface area contributed by atoms with E-state index in [1.54, 1.807) is 30.1 Å². The number of carbonyl (C=O) groups is 1. The number of halogens is 3. The summed E-state index contributed by atoms with van der Waals surface area (Å²) in [5.41, 5.74) is 4.53. The number of allylic oxidation sites excluding steroid dienone is 2. The fraction of sp³-hybridized carbons (Fsp3) is 0.308. The molecule has 4 rings (SSSR count). The average molecular weight is 451 g/mol. The van der Waals surface area contributed by atoms with Gasteiger partial charge in [0.1, 0.15) is 0 Å². The Hall–Kier alpha value is -3.53. The van der Waals surface area contributed by atoms with E-state index in [1.165, 1.54) is 11.0 Å². The number of alkyl halides is 3. The zero-order valence-electron chi connectivity index (χ0n) is 18.7. The molecule has 7 heteroatoms. The maximum absolute atomic E-state index is 13.6. The SMILES string of the molecule is CC=C1CCCC2=C1C(c1ccc(C#N)cc1C)N(C)C(=O)N2c1cccc(C(F)(F)F)c1. The number of benzene rings is 2. The van der Waals surface area contributed by atoms with E-state index in [4.69, 9.17) is 0 Å². The second-order valence-corrected chi connectivity index (χ2v) is 8.39. The van der Waals surface area contributed by atoms with Gasteiger partial charge in [-0.2, -0.15) is 18.4 Å². The standard InChI is InChI=1S/C26H24F3N3O/c1-4-18-7-5-10-22-23(18)24(21-12-11-17(15-30)13-16(21)2)31(3)25(33)32(22)20-9-6-8-19(14-20)26(27,28)29/h4,6,8-9,11-14,24H,5,7,10H2,1-3H3. The number of nitrogens with zero attached hydrogens (tertiary/aromatic N) is 3. The van der Waals surface area contributed by atoms with E-state index in [9.17, 15) is 23.2 Å². The van der Waals surface area contributed by atoms with Crippen molar-refractivity contribution in [3.05, 3.63) is 87.6 Å². The second-order valence-electron chi connectivity index (χ2n) is 8.39. The van der Waals surface area contributed by atoms with E-state index in [-0.39, 0.29) is 17.8 Å². The number of amides is 2. The Balaban J connectivity index is 1.94. The number of hydrogen-bond donors (Lipinski definition) is 0. The number of urea groups is 1. The Kier molecular flexibility index (Phi) is 5.79. The lowest BCUT2D eigenvalue weighted by molar-refractivity contribution is -0.137. The third kappa shape index (κ3) is 3.91. The molecule has 4 nitrogen and oxygen atoms in total. The van der Waals surface area contributed by atoms with Gasteiger partial charge in [0.05, 0.1) is 28.9 Å². The molecule has 0 spiro atoms. The van der Waals surface area contributed by atoms with Crippen molar-refractivity contribution in [1.29, 1.82) is 5.26 Å². The molecule has 2 aromatic carbocycles. The lowest BCUT2D eigenvalue weighted by Crippen LogP contribution is -2.49. The van der Waals surface area contributed by atoms with Crippen molar-refractivity contribution in [3.8, 4) is 6.07 Å². The summed E-state index contributed by atoms with van der Waals surface area (Å²) < 4.78 is 40.2. The molecule has 0 fully saturated rings. The zero-order chi connectivity index (χ0) is 23.9. The van der Waals surface area contributed by atoms with Crippen LogP contribution < -0.4 is 4.90 Å². The first-order valence-corrected chi connectivity index (χ1v) is 10.8. The minimum atomic E-state index is -4.50. The van der Waals surface area contributed by atoms with Gasteiger partial charge in [0.25, 0.3) is 0 Å². The predicted octanol–water partition coefficient (Wildman–Crippen LogP) is 6.88. The maximum Gasteiger partial charge on any atom is 0.416 e. The number of nitriles is 1. The molecular weight excluding hydrogens is 427 g/mol. The number of likely N-dealkylation sites (N-methyl/N-ethyl adjacent to an activating group) is 1. The van der Waals surface area contributed by atoms with E-state index < -0.39 is 11.7 Å². The number of anilines is 1. The van der Waals surface area contributed by atoms with Gasteiger partial charge in [-0.1, -0.05) is 18.2 Å². The minimum Gasteiger partial charge on any atom is -0.316 e. The largest absolute Gasteiger partial charge is 0.416 e. The monoisotopic (exact) mass is 451 g/mol.